The van der Waals surface area contributed by atoms with Gasteiger partial charge in [0.05, 0.1) is 53.6 Å². The number of rotatable bonds is 18. The van der Waals surface area contributed by atoms with E-state index >= 15 is 0 Å². The second-order valence-electron chi connectivity index (χ2n) is 6.71. The lowest BCUT2D eigenvalue weighted by molar-refractivity contribution is -0.145. The van der Waals surface area contributed by atoms with Crippen LogP contribution in [0.25, 0.3) is 0 Å². The minimum atomic E-state index is -1.16. The topological polar surface area (TPSA) is 186 Å². The second-order valence-corrected chi connectivity index (χ2v) is 6.71. The summed E-state index contributed by atoms with van der Waals surface area (Å²) in [6, 6.07) is 0. The lowest BCUT2D eigenvalue weighted by atomic mass is 10.3. The third kappa shape index (κ3) is 15.1. The summed E-state index contributed by atoms with van der Waals surface area (Å²) in [5.41, 5.74) is 0. The fraction of sp³-hybridized carbons (Fsp3) is 0.722. The third-order valence-corrected chi connectivity index (χ3v) is 4.14. The number of nitrogens with zero attached hydrogens (tertiary/aromatic N) is 3. The fourth-order valence-corrected chi connectivity index (χ4v) is 2.59. The number of aliphatic hydroxyl groups is 1. The zero-order valence-electron chi connectivity index (χ0n) is 18.3. The second kappa shape index (κ2) is 16.8. The van der Waals surface area contributed by atoms with E-state index in [9.17, 15) is 29.1 Å². The predicted molar refractivity (Wildman–Crippen MR) is 109 cm³/mol. The highest BCUT2D eigenvalue weighted by atomic mass is 16.5. The van der Waals surface area contributed by atoms with Crippen molar-refractivity contribution in [2.24, 2.45) is 0 Å². The summed E-state index contributed by atoms with van der Waals surface area (Å²) in [4.78, 5) is 61.5. The van der Waals surface area contributed by atoms with Crippen molar-refractivity contribution in [3.05, 3.63) is 0 Å². The van der Waals surface area contributed by atoms with E-state index in [0.717, 1.165) is 0 Å². The molecule has 0 aromatic heterocycles. The van der Waals surface area contributed by atoms with Crippen molar-refractivity contribution in [3.8, 4) is 0 Å². The van der Waals surface area contributed by atoms with Crippen LogP contribution in [0.15, 0.2) is 0 Å². The predicted octanol–water partition coefficient (Wildman–Crippen LogP) is -3.48. The Morgan fingerprint density at radius 1 is 0.688 bits per heavy atom. The van der Waals surface area contributed by atoms with Gasteiger partial charge in [0.1, 0.15) is 0 Å². The van der Waals surface area contributed by atoms with Gasteiger partial charge >= 0.3 is 23.9 Å². The van der Waals surface area contributed by atoms with Gasteiger partial charge in [-0.2, -0.15) is 0 Å². The Balaban J connectivity index is 5.06. The Hall–Kier alpha value is -2.81. The van der Waals surface area contributed by atoms with E-state index < -0.39 is 36.3 Å². The molecule has 0 rings (SSSR count). The highest BCUT2D eigenvalue weighted by Crippen LogP contribution is 1.98. The summed E-state index contributed by atoms with van der Waals surface area (Å²) in [6.07, 6.45) is 0. The summed E-state index contributed by atoms with van der Waals surface area (Å²) in [7, 11) is 2.37. The van der Waals surface area contributed by atoms with Gasteiger partial charge in [-0.1, -0.05) is 0 Å². The van der Waals surface area contributed by atoms with E-state index in [1.165, 1.54) is 28.9 Å². The number of carboxylic acid groups (broad SMARTS) is 2. The molecule has 0 aromatic rings. The zero-order chi connectivity index (χ0) is 24.5. The summed E-state index contributed by atoms with van der Waals surface area (Å²) in [5, 5.41) is 29.4. The van der Waals surface area contributed by atoms with Crippen LogP contribution in [-0.4, -0.2) is 146 Å². The molecule has 0 aromatic carbocycles. The van der Waals surface area contributed by atoms with Crippen LogP contribution in [-0.2, 0) is 33.4 Å². The van der Waals surface area contributed by atoms with Gasteiger partial charge in [0, 0.05) is 32.7 Å². The molecule has 0 aliphatic carbocycles. The molecule has 4 N–H and O–H groups in total. The number of ether oxygens (including phenoxy) is 2. The number of aliphatic hydroxyl groups excluding tert-OH is 1. The van der Waals surface area contributed by atoms with Crippen molar-refractivity contribution < 1.29 is 48.8 Å². The molecule has 0 radical (unpaired) electrons. The first-order valence-corrected chi connectivity index (χ1v) is 9.73. The molecular formula is C18H32N4O10. The Morgan fingerprint density at radius 3 is 1.50 bits per heavy atom. The SMILES string of the molecule is COC(=O)CN(CCN(CCN(CC(=O)NCCO)CC(=O)OC)CC(=O)O)CC(=O)O. The fourth-order valence-electron chi connectivity index (χ4n) is 2.59. The first-order chi connectivity index (χ1) is 15.1. The Labute approximate surface area is 185 Å². The first kappa shape index (κ1) is 29.2. The lowest BCUT2D eigenvalue weighted by Crippen LogP contribution is -2.47. The summed E-state index contributed by atoms with van der Waals surface area (Å²) >= 11 is 0. The molecule has 1 amide bonds. The van der Waals surface area contributed by atoms with E-state index in [-0.39, 0.29) is 65.5 Å². The lowest BCUT2D eigenvalue weighted by Gasteiger charge is -2.28. The number of hydrogen-bond donors (Lipinski definition) is 4. The van der Waals surface area contributed by atoms with E-state index in [1.54, 1.807) is 0 Å². The van der Waals surface area contributed by atoms with Crippen molar-refractivity contribution in [2.45, 2.75) is 0 Å². The molecule has 0 aliphatic heterocycles. The van der Waals surface area contributed by atoms with Crippen LogP contribution in [0.4, 0.5) is 0 Å². The van der Waals surface area contributed by atoms with Gasteiger partial charge in [-0.25, -0.2) is 0 Å². The van der Waals surface area contributed by atoms with Gasteiger partial charge in [0.15, 0.2) is 0 Å². The van der Waals surface area contributed by atoms with Crippen LogP contribution in [0.2, 0.25) is 0 Å². The average Bonchev–Trinajstić information content (AvgIpc) is 2.72. The standard InChI is InChI=1S/C18H32N4O10/c1-31-17(29)12-21(9-14(24)19-3-8-23)6-4-20(10-15(25)26)5-7-22(11-16(27)28)13-18(30)32-2/h23H,3-13H2,1-2H3,(H,19,24)(H,25,26)(H,27,28). The number of carbonyl (C=O) groups excluding carboxylic acids is 3. The average molecular weight is 464 g/mol. The van der Waals surface area contributed by atoms with Gasteiger partial charge in [0.25, 0.3) is 0 Å². The van der Waals surface area contributed by atoms with E-state index in [2.05, 4.69) is 14.8 Å². The number of carboxylic acids is 2. The summed E-state index contributed by atoms with van der Waals surface area (Å²) < 4.78 is 9.15. The summed E-state index contributed by atoms with van der Waals surface area (Å²) in [6.45, 7) is -1.21. The molecule has 0 atom stereocenters. The number of amides is 1. The number of nitrogens with one attached hydrogen (secondary N) is 1. The maximum atomic E-state index is 11.9. The van der Waals surface area contributed by atoms with Crippen molar-refractivity contribution in [1.82, 2.24) is 20.0 Å². The molecule has 0 unspecified atom stereocenters. The van der Waals surface area contributed by atoms with Crippen LogP contribution < -0.4 is 5.32 Å². The molecular weight excluding hydrogens is 432 g/mol. The van der Waals surface area contributed by atoms with Gasteiger partial charge in [0.2, 0.25) is 5.91 Å². The van der Waals surface area contributed by atoms with Crippen molar-refractivity contribution in [2.75, 3.05) is 86.3 Å². The molecule has 0 saturated carbocycles. The molecule has 14 heteroatoms. The maximum Gasteiger partial charge on any atom is 0.319 e. The van der Waals surface area contributed by atoms with Gasteiger partial charge in [-0.05, 0) is 0 Å². The molecule has 0 fully saturated rings. The Bertz CT molecular complexity index is 631. The highest BCUT2D eigenvalue weighted by Gasteiger charge is 2.20. The molecule has 14 nitrogen and oxygen atoms in total. The molecule has 0 aliphatic rings. The molecule has 0 saturated heterocycles. The first-order valence-electron chi connectivity index (χ1n) is 9.73. The van der Waals surface area contributed by atoms with Crippen LogP contribution >= 0.6 is 0 Å². The number of esters is 2. The van der Waals surface area contributed by atoms with Crippen LogP contribution in [0.3, 0.4) is 0 Å². The largest absolute Gasteiger partial charge is 0.480 e. The molecule has 184 valence electrons. The van der Waals surface area contributed by atoms with E-state index in [0.29, 0.717) is 0 Å². The van der Waals surface area contributed by atoms with Gasteiger partial charge in [-0.15, -0.1) is 0 Å². The molecule has 0 spiro atoms. The quantitative estimate of drug-likeness (QED) is 0.147. The summed E-state index contributed by atoms with van der Waals surface area (Å²) in [5.74, 6) is -3.93. The molecule has 0 heterocycles. The van der Waals surface area contributed by atoms with Crippen molar-refractivity contribution >= 4 is 29.8 Å². The zero-order valence-corrected chi connectivity index (χ0v) is 18.3. The third-order valence-electron chi connectivity index (χ3n) is 4.14. The maximum absolute atomic E-state index is 11.9. The minimum Gasteiger partial charge on any atom is -0.480 e. The number of carbonyl (C=O) groups is 5. The van der Waals surface area contributed by atoms with Gasteiger partial charge in [-0.3, -0.25) is 38.7 Å². The molecule has 32 heavy (non-hydrogen) atoms. The number of methoxy groups -OCH3 is 2. The smallest absolute Gasteiger partial charge is 0.319 e. The van der Waals surface area contributed by atoms with Crippen LogP contribution in [0, 0.1) is 0 Å². The van der Waals surface area contributed by atoms with E-state index in [1.807, 2.05) is 0 Å². The van der Waals surface area contributed by atoms with Gasteiger partial charge < -0.3 is 30.1 Å². The Kier molecular flexibility index (Phi) is 15.4. The van der Waals surface area contributed by atoms with E-state index in [4.69, 9.17) is 10.2 Å². The van der Waals surface area contributed by atoms with Crippen molar-refractivity contribution in [1.29, 1.82) is 0 Å². The van der Waals surface area contributed by atoms with Crippen LogP contribution in [0.5, 0.6) is 0 Å². The minimum absolute atomic E-state index is 0.0512. The number of aliphatic carboxylic acids is 2. The monoisotopic (exact) mass is 464 g/mol. The highest BCUT2D eigenvalue weighted by molar-refractivity contribution is 5.79. The van der Waals surface area contributed by atoms with Crippen LogP contribution in [0.1, 0.15) is 0 Å². The normalized spacial score (nSPS) is 10.9. The number of hydrogen-bond acceptors (Lipinski definition) is 11. The molecule has 0 bridgehead atoms. The van der Waals surface area contributed by atoms with Crippen molar-refractivity contribution in [3.63, 3.8) is 0 Å². The Morgan fingerprint density at radius 2 is 1.09 bits per heavy atom.